The fraction of sp³-hybridized carbons (Fsp3) is 0.387. The van der Waals surface area contributed by atoms with Crippen LogP contribution in [0.2, 0.25) is 0 Å². The molecule has 0 saturated heterocycles. The summed E-state index contributed by atoms with van der Waals surface area (Å²) in [6.45, 7) is 12.8. The van der Waals surface area contributed by atoms with Crippen molar-refractivity contribution < 1.29 is 23.5 Å². The molecule has 0 N–H and O–H groups in total. The van der Waals surface area contributed by atoms with Crippen LogP contribution in [0.3, 0.4) is 0 Å². The third-order valence-electron chi connectivity index (χ3n) is 5.97. The summed E-state index contributed by atoms with van der Waals surface area (Å²) in [5.74, 6) is 0.813. The van der Waals surface area contributed by atoms with Gasteiger partial charge in [0, 0.05) is 11.4 Å². The van der Waals surface area contributed by atoms with E-state index in [0.29, 0.717) is 31.2 Å². The fourth-order valence-corrected chi connectivity index (χ4v) is 5.07. The first-order chi connectivity index (χ1) is 18.9. The van der Waals surface area contributed by atoms with Crippen LogP contribution in [-0.4, -0.2) is 46.2 Å². The number of thioether (sulfide) groups is 1. The molecule has 0 bridgehead atoms. The van der Waals surface area contributed by atoms with Crippen LogP contribution in [0.5, 0.6) is 0 Å². The molecule has 3 aromatic rings. The minimum absolute atomic E-state index is 0.0687. The fourth-order valence-electron chi connectivity index (χ4n) is 4.08. The Bertz CT molecular complexity index is 1340. The number of hydrogen-bond acceptors (Lipinski definition) is 8. The molecule has 40 heavy (non-hydrogen) atoms. The van der Waals surface area contributed by atoms with Crippen LogP contribution >= 0.6 is 11.8 Å². The number of carbonyl (C=O) groups is 2. The normalized spacial score (nSPS) is 14.2. The first kappa shape index (κ1) is 29.4. The summed E-state index contributed by atoms with van der Waals surface area (Å²) in [6, 6.07) is 19.6. The highest BCUT2D eigenvalue weighted by Crippen LogP contribution is 2.35. The van der Waals surface area contributed by atoms with Crippen molar-refractivity contribution in [3.05, 3.63) is 83.8 Å². The average Bonchev–Trinajstić information content (AvgIpc) is 3.38. The van der Waals surface area contributed by atoms with Crippen molar-refractivity contribution in [3.63, 3.8) is 0 Å². The Morgan fingerprint density at radius 2 is 1.77 bits per heavy atom. The number of hydrazone groups is 1. The van der Waals surface area contributed by atoms with E-state index in [9.17, 15) is 9.59 Å². The second kappa shape index (κ2) is 12.3. The lowest BCUT2D eigenvalue weighted by Gasteiger charge is -2.28. The maximum atomic E-state index is 12.7. The number of hydrogen-bond donors (Lipinski definition) is 0. The second-order valence-corrected chi connectivity index (χ2v) is 13.0. The Kier molecular flexibility index (Phi) is 9.05. The number of ether oxygens (including phenoxy) is 2. The number of benzene rings is 2. The van der Waals surface area contributed by atoms with E-state index >= 15 is 0 Å². The van der Waals surface area contributed by atoms with Crippen molar-refractivity contribution in [3.8, 4) is 0 Å². The van der Waals surface area contributed by atoms with Gasteiger partial charge in [0.05, 0.1) is 25.0 Å². The van der Waals surface area contributed by atoms with Crippen LogP contribution in [0.15, 0.2) is 81.3 Å². The van der Waals surface area contributed by atoms with E-state index in [1.807, 2.05) is 90.1 Å². The van der Waals surface area contributed by atoms with Gasteiger partial charge < -0.3 is 13.9 Å². The van der Waals surface area contributed by atoms with Gasteiger partial charge in [0.1, 0.15) is 16.1 Å². The molecule has 0 aliphatic carbocycles. The van der Waals surface area contributed by atoms with Crippen molar-refractivity contribution in [2.45, 2.75) is 69.9 Å². The van der Waals surface area contributed by atoms with Crippen molar-refractivity contribution in [2.75, 3.05) is 18.2 Å². The van der Waals surface area contributed by atoms with Gasteiger partial charge in [0.2, 0.25) is 5.90 Å². The number of aryl methyl sites for hydroxylation is 1. The number of furan rings is 1. The lowest BCUT2D eigenvalue weighted by molar-refractivity contribution is -0.156. The Morgan fingerprint density at radius 1 is 1.02 bits per heavy atom. The largest absolute Gasteiger partial charge is 0.469 e. The molecule has 0 fully saturated rings. The van der Waals surface area contributed by atoms with Crippen LogP contribution in [0.4, 0.5) is 5.69 Å². The lowest BCUT2D eigenvalue weighted by Crippen LogP contribution is -2.40. The van der Waals surface area contributed by atoms with Gasteiger partial charge in [0.25, 0.3) is 5.91 Å². The van der Waals surface area contributed by atoms with E-state index in [4.69, 9.17) is 13.9 Å². The molecule has 9 heteroatoms. The minimum Gasteiger partial charge on any atom is -0.469 e. The molecule has 8 nitrogen and oxygen atoms in total. The molecule has 1 aromatic heterocycles. The molecular weight excluding hydrogens is 526 g/mol. The predicted octanol–water partition coefficient (Wildman–Crippen LogP) is 6.18. The van der Waals surface area contributed by atoms with E-state index in [2.05, 4.69) is 22.1 Å². The van der Waals surface area contributed by atoms with Crippen molar-refractivity contribution in [1.82, 2.24) is 4.90 Å². The van der Waals surface area contributed by atoms with Gasteiger partial charge in [-0.15, -0.1) is 16.9 Å². The van der Waals surface area contributed by atoms with E-state index in [0.717, 1.165) is 21.8 Å². The molecule has 2 aromatic carbocycles. The zero-order chi connectivity index (χ0) is 28.9. The number of carbonyl (C=O) groups excluding carboxylic acids is 2. The highest BCUT2D eigenvalue weighted by atomic mass is 32.2. The van der Waals surface area contributed by atoms with Crippen LogP contribution in [0.25, 0.3) is 0 Å². The lowest BCUT2D eigenvalue weighted by atomic mass is 10.1. The summed E-state index contributed by atoms with van der Waals surface area (Å²) < 4.78 is 16.2. The zero-order valence-corrected chi connectivity index (χ0v) is 24.8. The Hall–Kier alpha value is -3.56. The van der Waals surface area contributed by atoms with E-state index < -0.39 is 10.3 Å². The molecule has 212 valence electrons. The number of amides is 1. The third kappa shape index (κ3) is 8.22. The van der Waals surface area contributed by atoms with Crippen molar-refractivity contribution in [1.29, 1.82) is 0 Å². The molecule has 0 unspecified atom stereocenters. The summed E-state index contributed by atoms with van der Waals surface area (Å²) in [5, 5.41) is 5.95. The minimum atomic E-state index is -0.725. The van der Waals surface area contributed by atoms with Crippen LogP contribution in [0, 0.1) is 6.92 Å². The van der Waals surface area contributed by atoms with E-state index in [1.54, 1.807) is 6.26 Å². The first-order valence-electron chi connectivity index (χ1n) is 13.2. The molecule has 1 amide bonds. The van der Waals surface area contributed by atoms with Gasteiger partial charge >= 0.3 is 5.97 Å². The molecule has 0 atom stereocenters. The molecule has 0 saturated carbocycles. The standard InChI is InChI=1S/C31H37N3O5S/c1-22-9-7-10-24(17-22)34-28(35)21-38-27(32-34)20-33(19-25-11-8-16-37-25)18-23-12-14-26(15-13-23)40-31(5,6)29(36)39-30(2,3)4/h7-17H,18-21H2,1-6H3. The maximum absolute atomic E-state index is 12.7. The Morgan fingerprint density at radius 3 is 2.42 bits per heavy atom. The summed E-state index contributed by atoms with van der Waals surface area (Å²) in [6.07, 6.45) is 1.65. The van der Waals surface area contributed by atoms with Crippen LogP contribution < -0.4 is 5.01 Å². The van der Waals surface area contributed by atoms with Crippen LogP contribution in [-0.2, 0) is 32.2 Å². The molecule has 0 radical (unpaired) electrons. The topological polar surface area (TPSA) is 84.6 Å². The maximum Gasteiger partial charge on any atom is 0.322 e. The monoisotopic (exact) mass is 563 g/mol. The zero-order valence-electron chi connectivity index (χ0n) is 24.0. The van der Waals surface area contributed by atoms with E-state index in [1.165, 1.54) is 16.8 Å². The quantitative estimate of drug-likeness (QED) is 0.215. The van der Waals surface area contributed by atoms with Gasteiger partial charge in [-0.25, -0.2) is 0 Å². The highest BCUT2D eigenvalue weighted by Gasteiger charge is 2.33. The number of nitrogens with zero attached hydrogens (tertiary/aromatic N) is 3. The van der Waals surface area contributed by atoms with Crippen molar-refractivity contribution >= 4 is 35.2 Å². The van der Waals surface area contributed by atoms with Gasteiger partial charge in [0.15, 0.2) is 6.61 Å². The van der Waals surface area contributed by atoms with E-state index in [-0.39, 0.29) is 18.5 Å². The Balaban J connectivity index is 1.47. The summed E-state index contributed by atoms with van der Waals surface area (Å²) in [4.78, 5) is 28.4. The molecule has 4 rings (SSSR count). The number of esters is 1. The molecular formula is C31H37N3O5S. The van der Waals surface area contributed by atoms with Gasteiger partial charge in [-0.3, -0.25) is 14.5 Å². The molecule has 0 spiro atoms. The number of rotatable bonds is 10. The third-order valence-corrected chi connectivity index (χ3v) is 7.15. The predicted molar refractivity (Wildman–Crippen MR) is 157 cm³/mol. The molecule has 1 aliphatic heterocycles. The Labute approximate surface area is 240 Å². The van der Waals surface area contributed by atoms with Gasteiger partial charge in [-0.1, -0.05) is 24.3 Å². The summed E-state index contributed by atoms with van der Waals surface area (Å²) in [5.41, 5.74) is 2.30. The SMILES string of the molecule is Cc1cccc(N2N=C(CN(Cc3ccc(SC(C)(C)C(=O)OC(C)(C)C)cc3)Cc3ccco3)OCC2=O)c1. The summed E-state index contributed by atoms with van der Waals surface area (Å²) >= 11 is 1.47. The second-order valence-electron chi connectivity index (χ2n) is 11.3. The molecule has 2 heterocycles. The van der Waals surface area contributed by atoms with Gasteiger partial charge in [-0.05, 0) is 89.1 Å². The van der Waals surface area contributed by atoms with Crippen molar-refractivity contribution in [2.24, 2.45) is 5.10 Å². The molecule has 1 aliphatic rings. The van der Waals surface area contributed by atoms with Gasteiger partial charge in [-0.2, -0.15) is 5.01 Å². The highest BCUT2D eigenvalue weighted by molar-refractivity contribution is 8.01. The number of anilines is 1. The summed E-state index contributed by atoms with van der Waals surface area (Å²) in [7, 11) is 0. The van der Waals surface area contributed by atoms with Crippen LogP contribution in [0.1, 0.15) is 51.5 Å². The first-order valence-corrected chi connectivity index (χ1v) is 14.1. The smallest absolute Gasteiger partial charge is 0.322 e. The average molecular weight is 564 g/mol.